The van der Waals surface area contributed by atoms with Crippen LogP contribution in [-0.2, 0) is 6.42 Å². The van der Waals surface area contributed by atoms with Gasteiger partial charge in [-0.15, -0.1) is 0 Å². The Kier molecular flexibility index (Phi) is 7.12. The van der Waals surface area contributed by atoms with E-state index in [-0.39, 0.29) is 23.2 Å². The molecule has 1 saturated carbocycles. The first-order valence-electron chi connectivity index (χ1n) is 13.8. The highest BCUT2D eigenvalue weighted by Gasteiger charge is 2.56. The van der Waals surface area contributed by atoms with E-state index in [1.807, 2.05) is 36.4 Å². The van der Waals surface area contributed by atoms with Crippen LogP contribution in [0.1, 0.15) is 65.7 Å². The lowest BCUT2D eigenvalue weighted by Crippen LogP contribution is -2.49. The molecule has 1 saturated heterocycles. The van der Waals surface area contributed by atoms with Gasteiger partial charge in [0.15, 0.2) is 0 Å². The minimum absolute atomic E-state index is 0.0702. The predicted molar refractivity (Wildman–Crippen MR) is 158 cm³/mol. The number of amides is 1. The third-order valence-electron chi connectivity index (χ3n) is 8.44. The number of rotatable bonds is 7. The van der Waals surface area contributed by atoms with E-state index in [0.29, 0.717) is 5.92 Å². The van der Waals surface area contributed by atoms with E-state index < -0.39 is 0 Å². The highest BCUT2D eigenvalue weighted by Crippen LogP contribution is 2.55. The van der Waals surface area contributed by atoms with E-state index in [2.05, 4.69) is 63.6 Å². The quantitative estimate of drug-likeness (QED) is 0.309. The minimum atomic E-state index is -0.208. The third kappa shape index (κ3) is 5.05. The summed E-state index contributed by atoms with van der Waals surface area (Å²) in [6.45, 7) is 6.44. The average molecular weight is 623 g/mol. The van der Waals surface area contributed by atoms with Crippen LogP contribution >= 0.6 is 22.6 Å². The molecule has 3 aromatic rings. The first kappa shape index (κ1) is 25.7. The molecule has 2 heterocycles. The molecule has 3 aliphatic rings. The monoisotopic (exact) mass is 622 g/mol. The number of benzene rings is 3. The molecule has 1 aliphatic carbocycles. The first-order chi connectivity index (χ1) is 18.5. The van der Waals surface area contributed by atoms with Crippen molar-refractivity contribution in [2.45, 2.75) is 50.6 Å². The van der Waals surface area contributed by atoms with Gasteiger partial charge in [0, 0.05) is 27.1 Å². The molecule has 6 rings (SSSR count). The summed E-state index contributed by atoms with van der Waals surface area (Å²) in [6.07, 6.45) is 5.13. The van der Waals surface area contributed by atoms with Crippen molar-refractivity contribution in [3.05, 3.63) is 92.6 Å². The third-order valence-corrected chi connectivity index (χ3v) is 9.16. The summed E-state index contributed by atoms with van der Waals surface area (Å²) < 4.78 is 7.32. The summed E-state index contributed by atoms with van der Waals surface area (Å²) in [7, 11) is 0. The lowest BCUT2D eigenvalue weighted by molar-refractivity contribution is 0.0541. The lowest BCUT2D eigenvalue weighted by Gasteiger charge is -2.44. The van der Waals surface area contributed by atoms with Crippen LogP contribution < -0.4 is 4.74 Å². The largest absolute Gasteiger partial charge is 0.508 e. The number of aromatic hydroxyl groups is 1. The van der Waals surface area contributed by atoms with Crippen LogP contribution in [0.3, 0.4) is 0 Å². The number of hydrogen-bond acceptors (Lipinski definition) is 4. The lowest BCUT2D eigenvalue weighted by atomic mass is 9.82. The smallest absolute Gasteiger partial charge is 0.255 e. The van der Waals surface area contributed by atoms with Gasteiger partial charge in [-0.05, 0) is 133 Å². The van der Waals surface area contributed by atoms with Crippen molar-refractivity contribution in [1.29, 1.82) is 0 Å². The van der Waals surface area contributed by atoms with Crippen molar-refractivity contribution in [2.75, 3.05) is 26.2 Å². The van der Waals surface area contributed by atoms with Crippen molar-refractivity contribution >= 4 is 28.5 Å². The van der Waals surface area contributed by atoms with Gasteiger partial charge in [0.1, 0.15) is 11.5 Å². The molecule has 1 spiro atoms. The van der Waals surface area contributed by atoms with Gasteiger partial charge in [-0.1, -0.05) is 25.1 Å². The van der Waals surface area contributed by atoms with Gasteiger partial charge in [0.25, 0.3) is 5.91 Å². The van der Waals surface area contributed by atoms with Crippen molar-refractivity contribution in [1.82, 2.24) is 9.80 Å². The highest BCUT2D eigenvalue weighted by molar-refractivity contribution is 14.1. The Morgan fingerprint density at radius 2 is 1.84 bits per heavy atom. The Morgan fingerprint density at radius 3 is 2.55 bits per heavy atom. The second-order valence-electron chi connectivity index (χ2n) is 11.2. The van der Waals surface area contributed by atoms with E-state index in [1.54, 1.807) is 6.07 Å². The number of carbonyl (C=O) groups excluding carboxylic acids is 1. The number of likely N-dealkylation sites (tertiary alicyclic amines) is 1. The topological polar surface area (TPSA) is 53.0 Å². The Labute approximate surface area is 238 Å². The highest BCUT2D eigenvalue weighted by atomic mass is 127. The van der Waals surface area contributed by atoms with Crippen LogP contribution in [0.15, 0.2) is 66.7 Å². The summed E-state index contributed by atoms with van der Waals surface area (Å²) in [5.74, 6) is 1.81. The standard InChI is InChI=1S/C32H35IN2O3/c1-2-16-34-17-13-22(20-34)21-38-28-10-5-23(6-11-28)30-29-12-9-27(36)18-25(29)19-32(14-15-32)35(30)31(37)24-3-7-26(33)8-4-24/h3-12,18,22,30,36H,2,13-17,19-21H2,1H3. The van der Waals surface area contributed by atoms with Gasteiger partial charge in [0.05, 0.1) is 12.6 Å². The van der Waals surface area contributed by atoms with E-state index in [4.69, 9.17) is 4.74 Å². The molecule has 2 unspecified atom stereocenters. The number of fused-ring (bicyclic) bond motifs is 1. The first-order valence-corrected chi connectivity index (χ1v) is 14.9. The number of hydrogen-bond donors (Lipinski definition) is 1. The summed E-state index contributed by atoms with van der Waals surface area (Å²) >= 11 is 2.27. The number of phenols is 1. The molecule has 38 heavy (non-hydrogen) atoms. The molecule has 0 aromatic heterocycles. The molecule has 2 aliphatic heterocycles. The molecule has 5 nitrogen and oxygen atoms in total. The number of phenolic OH excluding ortho intramolecular Hbond substituents is 1. The van der Waals surface area contributed by atoms with Crippen molar-refractivity contribution < 1.29 is 14.6 Å². The molecule has 0 bridgehead atoms. The number of halogens is 1. The Morgan fingerprint density at radius 1 is 1.08 bits per heavy atom. The summed E-state index contributed by atoms with van der Waals surface area (Å²) in [6, 6.07) is 21.6. The Bertz CT molecular complexity index is 1300. The van der Waals surface area contributed by atoms with Crippen LogP contribution in [0.2, 0.25) is 0 Å². The summed E-state index contributed by atoms with van der Waals surface area (Å²) in [4.78, 5) is 18.7. The van der Waals surface area contributed by atoms with Crippen LogP contribution in [0, 0.1) is 9.49 Å². The van der Waals surface area contributed by atoms with Gasteiger partial charge in [0.2, 0.25) is 0 Å². The molecule has 2 atom stereocenters. The fraction of sp³-hybridized carbons (Fsp3) is 0.406. The van der Waals surface area contributed by atoms with Crippen molar-refractivity contribution in [3.63, 3.8) is 0 Å². The van der Waals surface area contributed by atoms with E-state index >= 15 is 0 Å². The zero-order chi connectivity index (χ0) is 26.3. The zero-order valence-electron chi connectivity index (χ0n) is 21.9. The fourth-order valence-electron chi connectivity index (χ4n) is 6.35. The van der Waals surface area contributed by atoms with Crippen molar-refractivity contribution in [2.24, 2.45) is 5.92 Å². The van der Waals surface area contributed by atoms with Crippen LogP contribution in [-0.4, -0.2) is 52.6 Å². The van der Waals surface area contributed by atoms with Crippen LogP contribution in [0.25, 0.3) is 0 Å². The summed E-state index contributed by atoms with van der Waals surface area (Å²) in [5, 5.41) is 10.2. The normalized spacial score (nSPS) is 21.9. The molecular formula is C32H35IN2O3. The molecule has 2 fully saturated rings. The molecule has 0 radical (unpaired) electrons. The van der Waals surface area contributed by atoms with Crippen LogP contribution in [0.4, 0.5) is 0 Å². The van der Waals surface area contributed by atoms with E-state index in [0.717, 1.165) is 64.0 Å². The maximum absolute atomic E-state index is 14.1. The molecule has 1 amide bonds. The Hall–Kier alpha value is -2.58. The number of nitrogens with zero attached hydrogens (tertiary/aromatic N) is 2. The predicted octanol–water partition coefficient (Wildman–Crippen LogP) is 6.43. The second-order valence-corrected chi connectivity index (χ2v) is 12.4. The van der Waals surface area contributed by atoms with Gasteiger partial charge < -0.3 is 19.6 Å². The van der Waals surface area contributed by atoms with Gasteiger partial charge in [-0.25, -0.2) is 0 Å². The van der Waals surface area contributed by atoms with E-state index in [1.165, 1.54) is 25.9 Å². The Balaban J connectivity index is 1.28. The fourth-order valence-corrected chi connectivity index (χ4v) is 6.71. The van der Waals surface area contributed by atoms with Gasteiger partial charge in [-0.2, -0.15) is 0 Å². The SMILES string of the molecule is CCCN1CCC(COc2ccc(C3c4ccc(O)cc4CC4(CC4)N3C(=O)c3ccc(I)cc3)cc2)C1. The van der Waals surface area contributed by atoms with Crippen LogP contribution in [0.5, 0.6) is 11.5 Å². The summed E-state index contributed by atoms with van der Waals surface area (Å²) in [5.41, 5.74) is 3.82. The number of carbonyl (C=O) groups is 1. The molecule has 1 N–H and O–H groups in total. The maximum Gasteiger partial charge on any atom is 0.255 e. The molecular weight excluding hydrogens is 587 g/mol. The van der Waals surface area contributed by atoms with Crippen molar-refractivity contribution in [3.8, 4) is 11.5 Å². The van der Waals surface area contributed by atoms with Gasteiger partial charge >= 0.3 is 0 Å². The van der Waals surface area contributed by atoms with Gasteiger partial charge in [-0.3, -0.25) is 4.79 Å². The molecule has 198 valence electrons. The molecule has 6 heteroatoms. The maximum atomic E-state index is 14.1. The van der Waals surface area contributed by atoms with E-state index in [9.17, 15) is 9.90 Å². The second kappa shape index (κ2) is 10.5. The molecule has 3 aromatic carbocycles. The average Bonchev–Trinajstić information content (AvgIpc) is 3.53. The minimum Gasteiger partial charge on any atom is -0.508 e. The zero-order valence-corrected chi connectivity index (χ0v) is 24.1. The number of ether oxygens (including phenoxy) is 1.